The lowest BCUT2D eigenvalue weighted by Gasteiger charge is -2.36. The first-order valence-electron chi connectivity index (χ1n) is 7.62. The van der Waals surface area contributed by atoms with Crippen molar-refractivity contribution in [2.24, 2.45) is 0 Å². The maximum Gasteiger partial charge on any atom is 0.371 e. The van der Waals surface area contributed by atoms with Crippen LogP contribution in [0, 0.1) is 0 Å². The molecule has 0 aromatic heterocycles. The second kappa shape index (κ2) is 5.24. The highest BCUT2D eigenvalue weighted by Crippen LogP contribution is 2.46. The fourth-order valence-electron chi connectivity index (χ4n) is 4.41. The van der Waals surface area contributed by atoms with E-state index in [1.165, 1.54) is 11.3 Å². The molecule has 0 saturated heterocycles. The smallest absolute Gasteiger partial charge is 0.276 e. The van der Waals surface area contributed by atoms with Crippen molar-refractivity contribution in [3.63, 3.8) is 0 Å². The Balaban J connectivity index is 2.59. The third-order valence-corrected chi connectivity index (χ3v) is 11.7. The van der Waals surface area contributed by atoms with Gasteiger partial charge in [-0.15, -0.1) is 0 Å². The van der Waals surface area contributed by atoms with Gasteiger partial charge in [-0.05, 0) is 0 Å². The Hall–Kier alpha value is -0.893. The second-order valence-electron chi connectivity index (χ2n) is 6.74. The van der Waals surface area contributed by atoms with Gasteiger partial charge in [0.2, 0.25) is 0 Å². The van der Waals surface area contributed by atoms with Crippen LogP contribution in [0.2, 0.25) is 16.6 Å². The van der Waals surface area contributed by atoms with E-state index in [2.05, 4.69) is 76.3 Å². The molecule has 1 aliphatic rings. The fourth-order valence-corrected chi connectivity index (χ4v) is 11.1. The standard InChI is InChI=1S/C17H28NSi/c1-13(2)19(14(3)4,15(5)6)18-12-11-16-9-7-8-10-17(16)18/h7-10,12-15H,11H2,1-6H3/q+1. The third kappa shape index (κ3) is 2.10. The predicted octanol–water partition coefficient (Wildman–Crippen LogP) is 5.13. The van der Waals surface area contributed by atoms with Gasteiger partial charge in [0.1, 0.15) is 6.21 Å². The molecule has 1 aliphatic heterocycles. The Morgan fingerprint density at radius 2 is 1.42 bits per heavy atom. The van der Waals surface area contributed by atoms with Crippen molar-refractivity contribution in [3.8, 4) is 0 Å². The minimum atomic E-state index is -1.57. The summed E-state index contributed by atoms with van der Waals surface area (Å²) in [4.78, 5) is 0. The number of hydrogen-bond donors (Lipinski definition) is 0. The van der Waals surface area contributed by atoms with Crippen LogP contribution >= 0.6 is 0 Å². The zero-order chi connectivity index (χ0) is 14.2. The highest BCUT2D eigenvalue weighted by Gasteiger charge is 2.57. The molecule has 0 spiro atoms. The van der Waals surface area contributed by atoms with Gasteiger partial charge in [-0.2, -0.15) is 0 Å². The SMILES string of the molecule is CC(C)[Si](C(C)C)(C(C)C)[N+]1=CCc2ccccc21. The highest BCUT2D eigenvalue weighted by molar-refractivity contribution is 6.77. The van der Waals surface area contributed by atoms with Crippen LogP contribution in [0.15, 0.2) is 24.3 Å². The molecule has 0 atom stereocenters. The van der Waals surface area contributed by atoms with Gasteiger partial charge in [-0.3, -0.25) is 4.24 Å². The summed E-state index contributed by atoms with van der Waals surface area (Å²) in [5, 5.41) is 0. The van der Waals surface area contributed by atoms with Crippen LogP contribution in [0.25, 0.3) is 0 Å². The molecule has 0 bridgehead atoms. The minimum Gasteiger partial charge on any atom is -0.276 e. The third-order valence-electron chi connectivity index (χ3n) is 4.94. The van der Waals surface area contributed by atoms with Gasteiger partial charge >= 0.3 is 8.24 Å². The molecular formula is C17H28NSi+. The minimum absolute atomic E-state index is 0.759. The molecule has 104 valence electrons. The predicted molar refractivity (Wildman–Crippen MR) is 87.2 cm³/mol. The molecule has 0 aliphatic carbocycles. The number of nitrogens with zero attached hydrogens (tertiary/aromatic N) is 1. The largest absolute Gasteiger partial charge is 0.371 e. The summed E-state index contributed by atoms with van der Waals surface area (Å²) < 4.78 is 2.72. The lowest BCUT2D eigenvalue weighted by molar-refractivity contribution is -0.298. The van der Waals surface area contributed by atoms with Crippen LogP contribution in [0.1, 0.15) is 47.1 Å². The summed E-state index contributed by atoms with van der Waals surface area (Å²) in [5.41, 5.74) is 5.26. The molecule has 1 aromatic rings. The molecule has 2 rings (SSSR count). The Morgan fingerprint density at radius 1 is 0.895 bits per heavy atom. The van der Waals surface area contributed by atoms with Crippen molar-refractivity contribution in [2.45, 2.75) is 64.6 Å². The first-order chi connectivity index (χ1) is 8.92. The molecule has 0 radical (unpaired) electrons. The molecule has 19 heavy (non-hydrogen) atoms. The topological polar surface area (TPSA) is 3.01 Å². The summed E-state index contributed by atoms with van der Waals surface area (Å²) in [6.07, 6.45) is 3.58. The van der Waals surface area contributed by atoms with E-state index in [1.807, 2.05) is 0 Å². The average Bonchev–Trinajstić information content (AvgIpc) is 2.73. The van der Waals surface area contributed by atoms with Crippen molar-refractivity contribution in [1.29, 1.82) is 0 Å². The first-order valence-corrected chi connectivity index (χ1v) is 9.80. The van der Waals surface area contributed by atoms with E-state index >= 15 is 0 Å². The number of fused-ring (bicyclic) bond motifs is 1. The van der Waals surface area contributed by atoms with Gasteiger partial charge in [0, 0.05) is 28.3 Å². The molecule has 0 fully saturated rings. The molecule has 1 aromatic carbocycles. The van der Waals surface area contributed by atoms with Crippen molar-refractivity contribution in [2.75, 3.05) is 0 Å². The lowest BCUT2D eigenvalue weighted by atomic mass is 10.2. The van der Waals surface area contributed by atoms with Gasteiger partial charge < -0.3 is 0 Å². The maximum absolute atomic E-state index is 2.72. The Bertz CT molecular complexity index is 464. The van der Waals surface area contributed by atoms with E-state index in [-0.39, 0.29) is 0 Å². The summed E-state index contributed by atoms with van der Waals surface area (Å²) in [6, 6.07) is 8.95. The fraction of sp³-hybridized carbons (Fsp3) is 0.588. The van der Waals surface area contributed by atoms with Crippen LogP contribution in [0.5, 0.6) is 0 Å². The van der Waals surface area contributed by atoms with E-state index in [1.54, 1.807) is 0 Å². The Labute approximate surface area is 119 Å². The van der Waals surface area contributed by atoms with Gasteiger partial charge in [-0.1, -0.05) is 59.7 Å². The molecule has 2 heteroatoms. The lowest BCUT2D eigenvalue weighted by Crippen LogP contribution is -2.53. The van der Waals surface area contributed by atoms with Gasteiger partial charge in [0.25, 0.3) is 0 Å². The summed E-state index contributed by atoms with van der Waals surface area (Å²) in [6.45, 7) is 14.6. The molecule has 0 saturated carbocycles. The van der Waals surface area contributed by atoms with Gasteiger partial charge in [-0.25, -0.2) is 0 Å². The normalized spacial score (nSPS) is 15.3. The van der Waals surface area contributed by atoms with Crippen molar-refractivity contribution in [1.82, 2.24) is 0 Å². The van der Waals surface area contributed by atoms with Crippen molar-refractivity contribution >= 4 is 20.1 Å². The quantitative estimate of drug-likeness (QED) is 0.669. The molecule has 0 N–H and O–H groups in total. The van der Waals surface area contributed by atoms with Crippen LogP contribution < -0.4 is 0 Å². The van der Waals surface area contributed by atoms with Gasteiger partial charge in [0.05, 0.1) is 6.42 Å². The first kappa shape index (κ1) is 14.5. The Kier molecular flexibility index (Phi) is 4.00. The molecule has 0 amide bonds. The van der Waals surface area contributed by atoms with Crippen LogP contribution in [-0.2, 0) is 6.42 Å². The van der Waals surface area contributed by atoms with Gasteiger partial charge in [0.15, 0.2) is 5.69 Å². The number of rotatable bonds is 4. The van der Waals surface area contributed by atoms with E-state index in [0.717, 1.165) is 23.0 Å². The van der Waals surface area contributed by atoms with Crippen LogP contribution in [0.4, 0.5) is 5.69 Å². The number of benzene rings is 1. The average molecular weight is 275 g/mol. The summed E-state index contributed by atoms with van der Waals surface area (Å²) >= 11 is 0. The van der Waals surface area contributed by atoms with Crippen LogP contribution in [0.3, 0.4) is 0 Å². The van der Waals surface area contributed by atoms with E-state index in [9.17, 15) is 0 Å². The molecular weight excluding hydrogens is 246 g/mol. The van der Waals surface area contributed by atoms with E-state index in [4.69, 9.17) is 0 Å². The Morgan fingerprint density at radius 3 is 1.95 bits per heavy atom. The second-order valence-corrected chi connectivity index (χ2v) is 12.5. The summed E-state index contributed by atoms with van der Waals surface area (Å²) in [7, 11) is -1.57. The molecule has 1 heterocycles. The number of para-hydroxylation sites is 1. The highest BCUT2D eigenvalue weighted by atomic mass is 28.3. The maximum atomic E-state index is 2.72. The summed E-state index contributed by atoms with van der Waals surface area (Å²) in [5.74, 6) is 0. The van der Waals surface area contributed by atoms with Crippen molar-refractivity contribution in [3.05, 3.63) is 29.8 Å². The molecule has 1 nitrogen and oxygen atoms in total. The number of hydrogen-bond acceptors (Lipinski definition) is 0. The van der Waals surface area contributed by atoms with Crippen LogP contribution in [-0.4, -0.2) is 18.7 Å². The molecule has 0 unspecified atom stereocenters. The zero-order valence-corrected chi connectivity index (χ0v) is 14.3. The zero-order valence-electron chi connectivity index (χ0n) is 13.3. The van der Waals surface area contributed by atoms with E-state index in [0.29, 0.717) is 0 Å². The van der Waals surface area contributed by atoms with Crippen molar-refractivity contribution < 1.29 is 4.24 Å². The van der Waals surface area contributed by atoms with E-state index < -0.39 is 8.24 Å². The monoisotopic (exact) mass is 274 g/mol.